The molecular weight excluding hydrogens is 322 g/mol. The average molecular weight is 349 g/mol. The van der Waals surface area contributed by atoms with E-state index in [1.165, 1.54) is 5.56 Å². The van der Waals surface area contributed by atoms with Crippen LogP contribution >= 0.6 is 0 Å². The summed E-state index contributed by atoms with van der Waals surface area (Å²) in [5.74, 6) is 0.593. The molecule has 2 fully saturated rings. The SMILES string of the molecule is CC(C)N1C[C@@H](c2ccccc2)[C@@]2(CCN(Cc3cccnc3)C2=O)C1. The van der Waals surface area contributed by atoms with Crippen LogP contribution in [0, 0.1) is 5.41 Å². The first-order chi connectivity index (χ1) is 12.6. The molecule has 2 atom stereocenters. The summed E-state index contributed by atoms with van der Waals surface area (Å²) < 4.78 is 0. The van der Waals surface area contributed by atoms with Crippen molar-refractivity contribution in [3.8, 4) is 0 Å². The lowest BCUT2D eigenvalue weighted by molar-refractivity contribution is -0.136. The Balaban J connectivity index is 1.63. The van der Waals surface area contributed by atoms with Crippen molar-refractivity contribution in [2.75, 3.05) is 19.6 Å². The van der Waals surface area contributed by atoms with Gasteiger partial charge >= 0.3 is 0 Å². The maximum atomic E-state index is 13.6. The number of hydrogen-bond donors (Lipinski definition) is 0. The second kappa shape index (κ2) is 6.84. The van der Waals surface area contributed by atoms with Crippen LogP contribution in [-0.4, -0.2) is 46.4 Å². The van der Waals surface area contributed by atoms with Crippen LogP contribution in [0.3, 0.4) is 0 Å². The summed E-state index contributed by atoms with van der Waals surface area (Å²) in [4.78, 5) is 22.3. The molecular formula is C22H27N3O. The highest BCUT2D eigenvalue weighted by atomic mass is 16.2. The number of likely N-dealkylation sites (tertiary alicyclic amines) is 2. The second-order valence-corrected chi connectivity index (χ2v) is 7.98. The van der Waals surface area contributed by atoms with E-state index >= 15 is 0 Å². The molecule has 2 aromatic rings. The summed E-state index contributed by atoms with van der Waals surface area (Å²) in [5, 5.41) is 0. The van der Waals surface area contributed by atoms with Gasteiger partial charge in [-0.05, 0) is 37.5 Å². The van der Waals surface area contributed by atoms with Gasteiger partial charge in [0.05, 0.1) is 5.41 Å². The first kappa shape index (κ1) is 17.2. The highest BCUT2D eigenvalue weighted by molar-refractivity contribution is 5.87. The van der Waals surface area contributed by atoms with Crippen molar-refractivity contribution in [2.24, 2.45) is 5.41 Å². The normalized spacial score (nSPS) is 26.3. The van der Waals surface area contributed by atoms with E-state index < -0.39 is 0 Å². The van der Waals surface area contributed by atoms with Crippen molar-refractivity contribution in [3.05, 3.63) is 66.0 Å². The molecule has 1 aromatic heterocycles. The van der Waals surface area contributed by atoms with Crippen molar-refractivity contribution in [2.45, 2.75) is 38.8 Å². The van der Waals surface area contributed by atoms with Crippen LogP contribution in [0.1, 0.15) is 37.3 Å². The van der Waals surface area contributed by atoms with Crippen LogP contribution in [0.5, 0.6) is 0 Å². The molecule has 4 heteroatoms. The molecule has 2 aliphatic heterocycles. The Bertz CT molecular complexity index is 761. The van der Waals surface area contributed by atoms with Crippen LogP contribution in [0.25, 0.3) is 0 Å². The molecule has 4 rings (SSSR count). The molecule has 0 aliphatic carbocycles. The number of aromatic nitrogens is 1. The lowest BCUT2D eigenvalue weighted by Crippen LogP contribution is -2.40. The third-order valence-corrected chi connectivity index (χ3v) is 6.14. The van der Waals surface area contributed by atoms with Gasteiger partial charge in [0.15, 0.2) is 0 Å². The number of benzene rings is 1. The third-order valence-electron chi connectivity index (χ3n) is 6.14. The number of carbonyl (C=O) groups excluding carboxylic acids is 1. The average Bonchev–Trinajstić information content (AvgIpc) is 3.20. The summed E-state index contributed by atoms with van der Waals surface area (Å²) in [6.45, 7) is 7.79. The number of amides is 1. The molecule has 0 bridgehead atoms. The van der Waals surface area contributed by atoms with Gasteiger partial charge in [-0.15, -0.1) is 0 Å². The minimum Gasteiger partial charge on any atom is -0.338 e. The van der Waals surface area contributed by atoms with Crippen LogP contribution in [0.2, 0.25) is 0 Å². The monoisotopic (exact) mass is 349 g/mol. The van der Waals surface area contributed by atoms with Gasteiger partial charge < -0.3 is 4.90 Å². The smallest absolute Gasteiger partial charge is 0.231 e. The van der Waals surface area contributed by atoms with E-state index in [0.717, 1.165) is 31.6 Å². The number of carbonyl (C=O) groups is 1. The predicted octanol–water partition coefficient (Wildman–Crippen LogP) is 3.31. The summed E-state index contributed by atoms with van der Waals surface area (Å²) >= 11 is 0. The van der Waals surface area contributed by atoms with Gasteiger partial charge in [0.2, 0.25) is 5.91 Å². The molecule has 2 aliphatic rings. The standard InChI is InChI=1S/C22H27N3O/c1-17(2)25-15-20(19-8-4-3-5-9-19)22(16-25)10-12-24(21(22)26)14-18-7-6-11-23-13-18/h3-9,11,13,17,20H,10,12,14-16H2,1-2H3/t20-,22+/m0/s1. The molecule has 26 heavy (non-hydrogen) atoms. The molecule has 2 saturated heterocycles. The summed E-state index contributed by atoms with van der Waals surface area (Å²) in [5.41, 5.74) is 2.12. The van der Waals surface area contributed by atoms with Crippen LogP contribution < -0.4 is 0 Å². The fourth-order valence-corrected chi connectivity index (χ4v) is 4.64. The van der Waals surface area contributed by atoms with E-state index in [4.69, 9.17) is 0 Å². The number of rotatable bonds is 4. The zero-order valence-electron chi connectivity index (χ0n) is 15.6. The van der Waals surface area contributed by atoms with Gasteiger partial charge in [0, 0.05) is 50.5 Å². The van der Waals surface area contributed by atoms with Crippen molar-refractivity contribution in [1.29, 1.82) is 0 Å². The molecule has 0 N–H and O–H groups in total. The van der Waals surface area contributed by atoms with E-state index in [0.29, 0.717) is 18.5 Å². The Morgan fingerprint density at radius 1 is 1.19 bits per heavy atom. The van der Waals surface area contributed by atoms with Crippen molar-refractivity contribution < 1.29 is 4.79 Å². The van der Waals surface area contributed by atoms with E-state index in [1.807, 2.05) is 17.2 Å². The Morgan fingerprint density at radius 2 is 2.00 bits per heavy atom. The van der Waals surface area contributed by atoms with E-state index in [-0.39, 0.29) is 11.3 Å². The molecule has 1 amide bonds. The first-order valence-electron chi connectivity index (χ1n) is 9.57. The third kappa shape index (κ3) is 2.92. The molecule has 0 unspecified atom stereocenters. The van der Waals surface area contributed by atoms with Gasteiger partial charge in [-0.25, -0.2) is 0 Å². The molecule has 3 heterocycles. The zero-order valence-corrected chi connectivity index (χ0v) is 15.6. The largest absolute Gasteiger partial charge is 0.338 e. The van der Waals surface area contributed by atoms with E-state index in [1.54, 1.807) is 6.20 Å². The number of hydrogen-bond acceptors (Lipinski definition) is 3. The van der Waals surface area contributed by atoms with Crippen LogP contribution in [0.15, 0.2) is 54.9 Å². The maximum Gasteiger partial charge on any atom is 0.231 e. The van der Waals surface area contributed by atoms with Gasteiger partial charge in [0.1, 0.15) is 0 Å². The molecule has 1 aromatic carbocycles. The quantitative estimate of drug-likeness (QED) is 0.850. The van der Waals surface area contributed by atoms with Gasteiger partial charge in [0.25, 0.3) is 0 Å². The highest BCUT2D eigenvalue weighted by Crippen LogP contribution is 2.50. The van der Waals surface area contributed by atoms with Crippen LogP contribution in [0.4, 0.5) is 0 Å². The Morgan fingerprint density at radius 3 is 2.69 bits per heavy atom. The summed E-state index contributed by atoms with van der Waals surface area (Å²) in [6, 6.07) is 15.1. The lowest BCUT2D eigenvalue weighted by Gasteiger charge is -2.29. The topological polar surface area (TPSA) is 36.4 Å². The molecule has 4 nitrogen and oxygen atoms in total. The fraction of sp³-hybridized carbons (Fsp3) is 0.455. The van der Waals surface area contributed by atoms with Gasteiger partial charge in [-0.3, -0.25) is 14.7 Å². The minimum atomic E-state index is -0.284. The summed E-state index contributed by atoms with van der Waals surface area (Å²) in [6.07, 6.45) is 4.58. The first-order valence-corrected chi connectivity index (χ1v) is 9.57. The molecule has 0 saturated carbocycles. The predicted molar refractivity (Wildman–Crippen MR) is 103 cm³/mol. The highest BCUT2D eigenvalue weighted by Gasteiger charge is 2.57. The van der Waals surface area contributed by atoms with E-state index in [9.17, 15) is 4.79 Å². The fourth-order valence-electron chi connectivity index (χ4n) is 4.64. The van der Waals surface area contributed by atoms with Gasteiger partial charge in [-0.2, -0.15) is 0 Å². The minimum absolute atomic E-state index is 0.275. The van der Waals surface area contributed by atoms with Crippen LogP contribution in [-0.2, 0) is 11.3 Å². The van der Waals surface area contributed by atoms with Crippen molar-refractivity contribution >= 4 is 5.91 Å². The van der Waals surface area contributed by atoms with Gasteiger partial charge in [-0.1, -0.05) is 36.4 Å². The van der Waals surface area contributed by atoms with Crippen molar-refractivity contribution in [3.63, 3.8) is 0 Å². The van der Waals surface area contributed by atoms with Crippen molar-refractivity contribution in [1.82, 2.24) is 14.8 Å². The molecule has 1 spiro atoms. The number of nitrogens with zero attached hydrogens (tertiary/aromatic N) is 3. The Labute approximate surface area is 155 Å². The Hall–Kier alpha value is -2.20. The number of pyridine rings is 1. The Kier molecular flexibility index (Phi) is 4.53. The lowest BCUT2D eigenvalue weighted by atomic mass is 9.73. The molecule has 0 radical (unpaired) electrons. The summed E-state index contributed by atoms with van der Waals surface area (Å²) in [7, 11) is 0. The maximum absolute atomic E-state index is 13.6. The second-order valence-electron chi connectivity index (χ2n) is 7.98. The van der Waals surface area contributed by atoms with E-state index in [2.05, 4.69) is 60.1 Å². The molecule has 136 valence electrons. The zero-order chi connectivity index (χ0) is 18.1.